The van der Waals surface area contributed by atoms with Gasteiger partial charge in [-0.05, 0) is 49.6 Å². The number of carbonyl (C=O) groups excluding carboxylic acids is 2. The van der Waals surface area contributed by atoms with Gasteiger partial charge >= 0.3 is 0 Å². The van der Waals surface area contributed by atoms with Gasteiger partial charge in [-0.2, -0.15) is 0 Å². The Bertz CT molecular complexity index is 980. The number of carbonyl (C=O) groups is 2. The lowest BCUT2D eigenvalue weighted by atomic mass is 10.0. The molecule has 0 radical (unpaired) electrons. The van der Waals surface area contributed by atoms with Crippen LogP contribution in [0.15, 0.2) is 54.9 Å². The zero-order chi connectivity index (χ0) is 18.6. The molecule has 0 aliphatic carbocycles. The first-order chi connectivity index (χ1) is 13.2. The minimum Gasteiger partial charge on any atom is -0.354 e. The molecule has 1 aromatic carbocycles. The fraction of sp³-hybridized carbons (Fsp3) is 0.238. The molecule has 1 saturated heterocycles. The zero-order valence-electron chi connectivity index (χ0n) is 14.8. The quantitative estimate of drug-likeness (QED) is 0.752. The third-order valence-corrected chi connectivity index (χ3v) is 4.79. The van der Waals surface area contributed by atoms with Gasteiger partial charge in [0, 0.05) is 35.5 Å². The highest BCUT2D eigenvalue weighted by atomic mass is 16.2. The first-order valence-corrected chi connectivity index (χ1v) is 9.11. The summed E-state index contributed by atoms with van der Waals surface area (Å²) in [4.78, 5) is 33.3. The smallest absolute Gasteiger partial charge is 0.251 e. The molecule has 3 aromatic rings. The summed E-state index contributed by atoms with van der Waals surface area (Å²) in [5.74, 6) is -0.346. The predicted octanol–water partition coefficient (Wildman–Crippen LogP) is 2.70. The molecule has 1 fully saturated rings. The molecule has 27 heavy (non-hydrogen) atoms. The van der Waals surface area contributed by atoms with E-state index in [9.17, 15) is 9.59 Å². The highest BCUT2D eigenvalue weighted by molar-refractivity contribution is 5.98. The molecule has 6 heteroatoms. The van der Waals surface area contributed by atoms with Crippen molar-refractivity contribution in [3.05, 3.63) is 60.4 Å². The summed E-state index contributed by atoms with van der Waals surface area (Å²) < 4.78 is 0. The molecule has 4 rings (SSSR count). The lowest BCUT2D eigenvalue weighted by Gasteiger charge is -2.15. The van der Waals surface area contributed by atoms with E-state index >= 15 is 0 Å². The van der Waals surface area contributed by atoms with Crippen molar-refractivity contribution in [2.75, 3.05) is 6.54 Å². The molecule has 1 atom stereocenters. The first kappa shape index (κ1) is 17.1. The van der Waals surface area contributed by atoms with Crippen molar-refractivity contribution >= 4 is 22.7 Å². The van der Waals surface area contributed by atoms with Crippen molar-refractivity contribution in [1.29, 1.82) is 0 Å². The Morgan fingerprint density at radius 1 is 1.04 bits per heavy atom. The summed E-state index contributed by atoms with van der Waals surface area (Å²) >= 11 is 0. The van der Waals surface area contributed by atoms with Crippen LogP contribution in [0.1, 0.15) is 29.6 Å². The molecular formula is C21H20N4O2. The third-order valence-electron chi connectivity index (χ3n) is 4.79. The highest BCUT2D eigenvalue weighted by Crippen LogP contribution is 2.25. The normalized spacial score (nSPS) is 17.2. The molecule has 136 valence electrons. The maximum Gasteiger partial charge on any atom is 0.251 e. The van der Waals surface area contributed by atoms with Crippen LogP contribution in [0.5, 0.6) is 0 Å². The maximum absolute atomic E-state index is 12.5. The van der Waals surface area contributed by atoms with E-state index in [0.717, 1.165) is 35.0 Å². The van der Waals surface area contributed by atoms with Crippen LogP contribution in [0, 0.1) is 0 Å². The van der Waals surface area contributed by atoms with Crippen molar-refractivity contribution in [2.45, 2.75) is 25.3 Å². The molecule has 1 aliphatic heterocycles. The van der Waals surface area contributed by atoms with Crippen LogP contribution in [0.25, 0.3) is 22.2 Å². The number of benzene rings is 1. The molecule has 2 N–H and O–H groups in total. The zero-order valence-corrected chi connectivity index (χ0v) is 14.8. The molecule has 6 nitrogen and oxygen atoms in total. The number of hydrogen-bond donors (Lipinski definition) is 2. The van der Waals surface area contributed by atoms with Crippen LogP contribution in [-0.4, -0.2) is 34.4 Å². The third kappa shape index (κ3) is 3.65. The lowest BCUT2D eigenvalue weighted by molar-refractivity contribution is -0.122. The van der Waals surface area contributed by atoms with Gasteiger partial charge in [-0.1, -0.05) is 12.1 Å². The van der Waals surface area contributed by atoms with E-state index in [4.69, 9.17) is 0 Å². The highest BCUT2D eigenvalue weighted by Gasteiger charge is 2.22. The Kier molecular flexibility index (Phi) is 4.78. The number of rotatable bonds is 3. The van der Waals surface area contributed by atoms with Gasteiger partial charge in [0.25, 0.3) is 5.91 Å². The standard InChI is InChI=1S/C21H20N4O2/c26-20(25-18-5-1-2-11-24-21(18)27)15-8-6-14(7-9-15)19-16-4-3-12-22-17(16)10-13-23-19/h3-4,6-10,12-13,18H,1-2,5,11H2,(H,24,27)(H,25,26). The van der Waals surface area contributed by atoms with E-state index < -0.39 is 6.04 Å². The summed E-state index contributed by atoms with van der Waals surface area (Å²) in [5.41, 5.74) is 3.14. The topological polar surface area (TPSA) is 84.0 Å². The molecular weight excluding hydrogens is 340 g/mol. The summed E-state index contributed by atoms with van der Waals surface area (Å²) in [7, 11) is 0. The van der Waals surface area contributed by atoms with Crippen molar-refractivity contribution in [2.24, 2.45) is 0 Å². The SMILES string of the molecule is O=C(NC1CCCCNC1=O)c1ccc(-c2nccc3ncccc23)cc1. The van der Waals surface area contributed by atoms with Crippen molar-refractivity contribution in [3.63, 3.8) is 0 Å². The molecule has 3 heterocycles. The Morgan fingerprint density at radius 3 is 2.74 bits per heavy atom. The maximum atomic E-state index is 12.5. The average Bonchev–Trinajstić information content (AvgIpc) is 2.92. The van der Waals surface area contributed by atoms with Gasteiger partial charge in [-0.15, -0.1) is 0 Å². The first-order valence-electron chi connectivity index (χ1n) is 9.11. The number of amides is 2. The lowest BCUT2D eigenvalue weighted by Crippen LogP contribution is -2.45. The molecule has 1 unspecified atom stereocenters. The monoisotopic (exact) mass is 360 g/mol. The number of pyridine rings is 2. The number of fused-ring (bicyclic) bond motifs is 1. The minimum absolute atomic E-state index is 0.107. The van der Waals surface area contributed by atoms with E-state index in [1.165, 1.54) is 0 Å². The number of nitrogens with one attached hydrogen (secondary N) is 2. The summed E-state index contributed by atoms with van der Waals surface area (Å²) in [6.45, 7) is 0.673. The van der Waals surface area contributed by atoms with Gasteiger partial charge in [-0.3, -0.25) is 19.6 Å². The summed E-state index contributed by atoms with van der Waals surface area (Å²) in [6.07, 6.45) is 6.02. The number of hydrogen-bond acceptors (Lipinski definition) is 4. The summed E-state index contributed by atoms with van der Waals surface area (Å²) in [5, 5.41) is 6.63. The summed E-state index contributed by atoms with van der Waals surface area (Å²) in [6, 6.07) is 12.5. The van der Waals surface area contributed by atoms with Crippen molar-refractivity contribution < 1.29 is 9.59 Å². The fourth-order valence-corrected chi connectivity index (χ4v) is 3.33. The van der Waals surface area contributed by atoms with E-state index in [1.807, 2.05) is 30.3 Å². The Balaban J connectivity index is 1.55. The van der Waals surface area contributed by atoms with Crippen LogP contribution in [-0.2, 0) is 4.79 Å². The van der Waals surface area contributed by atoms with Gasteiger partial charge in [-0.25, -0.2) is 0 Å². The van der Waals surface area contributed by atoms with Gasteiger partial charge in [0.15, 0.2) is 0 Å². The van der Waals surface area contributed by atoms with E-state index in [0.29, 0.717) is 18.5 Å². The Labute approximate surface area is 157 Å². The number of aromatic nitrogens is 2. The second-order valence-electron chi connectivity index (χ2n) is 6.62. The fourth-order valence-electron chi connectivity index (χ4n) is 3.33. The molecule has 1 aliphatic rings. The largest absolute Gasteiger partial charge is 0.354 e. The van der Waals surface area contributed by atoms with Crippen molar-refractivity contribution in [3.8, 4) is 11.3 Å². The van der Waals surface area contributed by atoms with Gasteiger partial charge in [0.1, 0.15) is 6.04 Å². The van der Waals surface area contributed by atoms with Crippen LogP contribution in [0.2, 0.25) is 0 Å². The van der Waals surface area contributed by atoms with Crippen molar-refractivity contribution in [1.82, 2.24) is 20.6 Å². The Morgan fingerprint density at radius 2 is 1.89 bits per heavy atom. The molecule has 0 bridgehead atoms. The average molecular weight is 360 g/mol. The number of nitrogens with zero attached hydrogens (tertiary/aromatic N) is 2. The molecule has 2 amide bonds. The second kappa shape index (κ2) is 7.53. The van der Waals surface area contributed by atoms with Gasteiger partial charge < -0.3 is 10.6 Å². The molecule has 0 spiro atoms. The van der Waals surface area contributed by atoms with E-state index in [2.05, 4.69) is 20.6 Å². The van der Waals surface area contributed by atoms with Crippen LogP contribution < -0.4 is 10.6 Å². The molecule has 2 aromatic heterocycles. The van der Waals surface area contributed by atoms with Gasteiger partial charge in [0.05, 0.1) is 11.2 Å². The van der Waals surface area contributed by atoms with Crippen LogP contribution in [0.3, 0.4) is 0 Å². The van der Waals surface area contributed by atoms with E-state index in [1.54, 1.807) is 24.5 Å². The van der Waals surface area contributed by atoms with E-state index in [-0.39, 0.29) is 11.8 Å². The Hall–Kier alpha value is -3.28. The van der Waals surface area contributed by atoms with Crippen LogP contribution in [0.4, 0.5) is 0 Å². The molecule has 0 saturated carbocycles. The van der Waals surface area contributed by atoms with Crippen LogP contribution >= 0.6 is 0 Å². The second-order valence-corrected chi connectivity index (χ2v) is 6.62. The minimum atomic E-state index is -0.467. The van der Waals surface area contributed by atoms with Gasteiger partial charge in [0.2, 0.25) is 5.91 Å². The predicted molar refractivity (Wildman–Crippen MR) is 103 cm³/mol.